The number of ether oxygens (including phenoxy) is 4. The molecule has 0 radical (unpaired) electrons. The molecule has 0 aliphatic carbocycles. The summed E-state index contributed by atoms with van der Waals surface area (Å²) in [5.74, 6) is 2.63. The van der Waals surface area contributed by atoms with Gasteiger partial charge in [0.2, 0.25) is 5.78 Å². The standard InChI is InChI=1S/C25H22N2O5/c1-29-21-7-5-16(10-22(21)30-2)11-23-24(28)18-6-8-20-19(25(18)32-23)14-27(15-31-20)13-17-4-3-9-26-12-17/h3-12H,13-15H2,1-2H3/b23-11-. The molecule has 2 aliphatic rings. The van der Waals surface area contributed by atoms with E-state index in [9.17, 15) is 4.79 Å². The Balaban J connectivity index is 1.42. The number of allylic oxidation sites excluding steroid dienone is 1. The molecule has 7 heteroatoms. The van der Waals surface area contributed by atoms with Gasteiger partial charge in [-0.25, -0.2) is 0 Å². The molecule has 162 valence electrons. The summed E-state index contributed by atoms with van der Waals surface area (Å²) in [5, 5.41) is 0. The first kappa shape index (κ1) is 20.1. The molecule has 0 saturated heterocycles. The molecule has 0 atom stereocenters. The second-order valence-corrected chi connectivity index (χ2v) is 7.59. The smallest absolute Gasteiger partial charge is 0.231 e. The maximum absolute atomic E-state index is 13.0. The van der Waals surface area contributed by atoms with E-state index in [4.69, 9.17) is 18.9 Å². The molecule has 3 heterocycles. The predicted octanol–water partition coefficient (Wildman–Crippen LogP) is 4.07. The number of hydrogen-bond acceptors (Lipinski definition) is 7. The van der Waals surface area contributed by atoms with Crippen molar-refractivity contribution in [2.24, 2.45) is 0 Å². The Kier molecular flexibility index (Phi) is 5.25. The molecule has 5 rings (SSSR count). The summed E-state index contributed by atoms with van der Waals surface area (Å²) in [6.45, 7) is 1.77. The molecular weight excluding hydrogens is 408 g/mol. The Hall–Kier alpha value is -3.84. The van der Waals surface area contributed by atoms with Crippen molar-refractivity contribution in [2.75, 3.05) is 21.0 Å². The highest BCUT2D eigenvalue weighted by atomic mass is 16.5. The first-order valence-corrected chi connectivity index (χ1v) is 10.2. The van der Waals surface area contributed by atoms with Crippen molar-refractivity contribution in [3.8, 4) is 23.0 Å². The van der Waals surface area contributed by atoms with Crippen LogP contribution in [0.15, 0.2) is 60.6 Å². The van der Waals surface area contributed by atoms with Gasteiger partial charge in [0.05, 0.1) is 25.3 Å². The topological polar surface area (TPSA) is 70.1 Å². The van der Waals surface area contributed by atoms with Gasteiger partial charge in [-0.15, -0.1) is 0 Å². The second-order valence-electron chi connectivity index (χ2n) is 7.59. The third kappa shape index (κ3) is 3.67. The number of nitrogens with zero attached hydrogens (tertiary/aromatic N) is 2. The molecule has 7 nitrogen and oxygen atoms in total. The zero-order valence-corrected chi connectivity index (χ0v) is 17.8. The van der Waals surface area contributed by atoms with Crippen molar-refractivity contribution in [3.63, 3.8) is 0 Å². The molecule has 3 aromatic rings. The molecule has 0 unspecified atom stereocenters. The summed E-state index contributed by atoms with van der Waals surface area (Å²) in [5.41, 5.74) is 3.30. The summed E-state index contributed by atoms with van der Waals surface area (Å²) >= 11 is 0. The zero-order valence-electron chi connectivity index (χ0n) is 17.8. The minimum absolute atomic E-state index is 0.151. The van der Waals surface area contributed by atoms with Crippen molar-refractivity contribution in [1.82, 2.24) is 9.88 Å². The summed E-state index contributed by atoms with van der Waals surface area (Å²) in [4.78, 5) is 19.3. The molecule has 32 heavy (non-hydrogen) atoms. The number of fused-ring (bicyclic) bond motifs is 3. The van der Waals surface area contributed by atoms with Crippen LogP contribution in [0, 0.1) is 0 Å². The third-order valence-electron chi connectivity index (χ3n) is 5.52. The van der Waals surface area contributed by atoms with Crippen molar-refractivity contribution in [3.05, 3.63) is 82.9 Å². The van der Waals surface area contributed by atoms with E-state index in [2.05, 4.69) is 9.88 Å². The molecule has 2 aliphatic heterocycles. The van der Waals surface area contributed by atoms with E-state index in [0.29, 0.717) is 42.6 Å². The number of carbonyl (C=O) groups is 1. The number of rotatable bonds is 5. The fourth-order valence-electron chi connectivity index (χ4n) is 3.95. The average molecular weight is 430 g/mol. The lowest BCUT2D eigenvalue weighted by molar-refractivity contribution is 0.0872. The largest absolute Gasteiger partial charge is 0.493 e. The summed E-state index contributed by atoms with van der Waals surface area (Å²) in [6, 6.07) is 13.0. The van der Waals surface area contributed by atoms with Crippen LogP contribution in [0.3, 0.4) is 0 Å². The monoisotopic (exact) mass is 430 g/mol. The number of carbonyl (C=O) groups excluding carboxylic acids is 1. The maximum Gasteiger partial charge on any atom is 0.231 e. The van der Waals surface area contributed by atoms with E-state index in [-0.39, 0.29) is 11.5 Å². The average Bonchev–Trinajstić information content (AvgIpc) is 3.15. The van der Waals surface area contributed by atoms with Crippen LogP contribution in [0.1, 0.15) is 27.0 Å². The normalized spacial score (nSPS) is 16.2. The number of aromatic nitrogens is 1. The maximum atomic E-state index is 13.0. The number of methoxy groups -OCH3 is 2. The molecule has 2 aromatic carbocycles. The highest BCUT2D eigenvalue weighted by Crippen LogP contribution is 2.42. The molecule has 0 N–H and O–H groups in total. The lowest BCUT2D eigenvalue weighted by Gasteiger charge is -2.29. The molecule has 0 amide bonds. The number of ketones is 1. The Morgan fingerprint density at radius 2 is 2.00 bits per heavy atom. The van der Waals surface area contributed by atoms with E-state index in [1.54, 1.807) is 44.7 Å². The van der Waals surface area contributed by atoms with Gasteiger partial charge in [0.25, 0.3) is 0 Å². The van der Waals surface area contributed by atoms with E-state index in [1.807, 2.05) is 30.5 Å². The van der Waals surface area contributed by atoms with Crippen LogP contribution in [-0.4, -0.2) is 36.6 Å². The lowest BCUT2D eigenvalue weighted by Crippen LogP contribution is -2.31. The number of pyridine rings is 1. The summed E-state index contributed by atoms with van der Waals surface area (Å²) in [6.07, 6.45) is 5.31. The molecule has 0 fully saturated rings. The fourth-order valence-corrected chi connectivity index (χ4v) is 3.95. The van der Waals surface area contributed by atoms with Crippen LogP contribution < -0.4 is 18.9 Å². The lowest BCUT2D eigenvalue weighted by atomic mass is 10.0. The Morgan fingerprint density at radius 3 is 2.78 bits per heavy atom. The molecular formula is C25H22N2O5. The van der Waals surface area contributed by atoms with Crippen molar-refractivity contribution in [1.29, 1.82) is 0 Å². The van der Waals surface area contributed by atoms with Gasteiger partial charge in [-0.2, -0.15) is 0 Å². The van der Waals surface area contributed by atoms with Crippen LogP contribution in [0.5, 0.6) is 23.0 Å². The number of hydrogen-bond donors (Lipinski definition) is 0. The van der Waals surface area contributed by atoms with E-state index < -0.39 is 0 Å². The predicted molar refractivity (Wildman–Crippen MR) is 118 cm³/mol. The van der Waals surface area contributed by atoms with Gasteiger partial charge in [-0.05, 0) is 47.5 Å². The Bertz CT molecular complexity index is 1210. The van der Waals surface area contributed by atoms with Gasteiger partial charge in [-0.1, -0.05) is 12.1 Å². The Morgan fingerprint density at radius 1 is 1.12 bits per heavy atom. The third-order valence-corrected chi connectivity index (χ3v) is 5.52. The molecule has 0 bridgehead atoms. The van der Waals surface area contributed by atoms with Crippen molar-refractivity contribution in [2.45, 2.75) is 13.1 Å². The van der Waals surface area contributed by atoms with Gasteiger partial charge in [-0.3, -0.25) is 14.7 Å². The Labute approximate surface area is 185 Å². The van der Waals surface area contributed by atoms with Gasteiger partial charge < -0.3 is 18.9 Å². The first-order valence-electron chi connectivity index (χ1n) is 10.2. The van der Waals surface area contributed by atoms with Crippen molar-refractivity contribution >= 4 is 11.9 Å². The van der Waals surface area contributed by atoms with Gasteiger partial charge in [0.15, 0.2) is 17.3 Å². The second kappa shape index (κ2) is 8.36. The minimum Gasteiger partial charge on any atom is -0.493 e. The van der Waals surface area contributed by atoms with E-state index >= 15 is 0 Å². The number of Topliss-reactive ketones (excluding diaryl/α,β-unsaturated/α-hetero) is 1. The van der Waals surface area contributed by atoms with Crippen LogP contribution in [0.4, 0.5) is 0 Å². The van der Waals surface area contributed by atoms with Crippen LogP contribution in [0.2, 0.25) is 0 Å². The molecule has 0 spiro atoms. The van der Waals surface area contributed by atoms with Gasteiger partial charge in [0, 0.05) is 25.5 Å². The van der Waals surface area contributed by atoms with Crippen LogP contribution in [0.25, 0.3) is 6.08 Å². The van der Waals surface area contributed by atoms with Crippen LogP contribution in [-0.2, 0) is 13.1 Å². The van der Waals surface area contributed by atoms with Crippen molar-refractivity contribution < 1.29 is 23.7 Å². The quantitative estimate of drug-likeness (QED) is 0.565. The highest BCUT2D eigenvalue weighted by molar-refractivity contribution is 6.15. The van der Waals surface area contributed by atoms with Gasteiger partial charge >= 0.3 is 0 Å². The SMILES string of the molecule is COc1ccc(/C=C2\Oc3c(ccc4c3CN(Cc3cccnc3)CO4)C2=O)cc1OC. The summed E-state index contributed by atoms with van der Waals surface area (Å²) < 4.78 is 22.7. The highest BCUT2D eigenvalue weighted by Gasteiger charge is 2.33. The fraction of sp³-hybridized carbons (Fsp3) is 0.200. The van der Waals surface area contributed by atoms with E-state index in [1.165, 1.54) is 0 Å². The van der Waals surface area contributed by atoms with Crippen LogP contribution >= 0.6 is 0 Å². The first-order chi connectivity index (χ1) is 15.7. The van der Waals surface area contributed by atoms with E-state index in [0.717, 1.165) is 22.4 Å². The molecule has 1 aromatic heterocycles. The minimum atomic E-state index is -0.151. The summed E-state index contributed by atoms with van der Waals surface area (Å²) in [7, 11) is 3.16. The molecule has 0 saturated carbocycles. The van der Waals surface area contributed by atoms with Gasteiger partial charge in [0.1, 0.15) is 18.2 Å². The zero-order chi connectivity index (χ0) is 22.1. The number of benzene rings is 2.